The Hall–Kier alpha value is -3.01. The lowest BCUT2D eigenvalue weighted by atomic mass is 9.82. The number of aromatic carboxylic acids is 1. The molecule has 0 aliphatic heterocycles. The first-order valence-corrected chi connectivity index (χ1v) is 12.2. The number of amides is 2. The van der Waals surface area contributed by atoms with Crippen molar-refractivity contribution in [1.29, 1.82) is 0 Å². The first-order chi connectivity index (χ1) is 16.8. The molecule has 0 saturated heterocycles. The molecule has 2 amide bonds. The summed E-state index contributed by atoms with van der Waals surface area (Å²) in [6.07, 6.45) is 3.75. The second-order valence-electron chi connectivity index (χ2n) is 8.93. The maximum Gasteiger partial charge on any atom is 0.348 e. The fraction of sp³-hybridized carbons (Fsp3) is 0.480. The average molecular weight is 521 g/mol. The predicted molar refractivity (Wildman–Crippen MR) is 134 cm³/mol. The summed E-state index contributed by atoms with van der Waals surface area (Å²) >= 11 is 0.712. The second kappa shape index (κ2) is 12.3. The second-order valence-corrected chi connectivity index (χ2v) is 9.98. The van der Waals surface area contributed by atoms with Gasteiger partial charge in [0.05, 0.1) is 10.6 Å². The molecule has 2 atom stereocenters. The van der Waals surface area contributed by atoms with E-state index in [4.69, 9.17) is 0 Å². The van der Waals surface area contributed by atoms with Crippen LogP contribution in [0.2, 0.25) is 0 Å². The molecule has 1 fully saturated rings. The first-order valence-electron chi connectivity index (χ1n) is 11.4. The van der Waals surface area contributed by atoms with Crippen LogP contribution in [0, 0.1) is 23.7 Å². The minimum absolute atomic E-state index is 0.117. The molecule has 0 radical (unpaired) electrons. The minimum Gasteiger partial charge on any atom is -0.477 e. The molecule has 4 N–H and O–H groups in total. The van der Waals surface area contributed by atoms with Gasteiger partial charge in [-0.2, -0.15) is 0 Å². The normalized spacial score (nSPS) is 19.3. The van der Waals surface area contributed by atoms with Crippen molar-refractivity contribution >= 4 is 34.8 Å². The topological polar surface area (TPSA) is 148 Å². The molecule has 0 spiro atoms. The summed E-state index contributed by atoms with van der Waals surface area (Å²) in [5, 5.41) is 38.5. The standard InChI is InChI=1S/C25H32N2O8S/c1-6-26(7-2)23(29)20(16(4)35-34)27(22(28)17-10-8-15(3)9-11-17)19-14-18(12-13-25(5,32)33)36-21(19)24(30)31/h6-7,14-17,20,32-34H,1-2,8-11H2,3-5H3,(H,30,31)/t15?,16-,17?,20-/m0/s1. The van der Waals surface area contributed by atoms with Gasteiger partial charge in [-0.15, -0.1) is 11.3 Å². The molecule has 1 aliphatic rings. The third-order valence-electron chi connectivity index (χ3n) is 5.98. The summed E-state index contributed by atoms with van der Waals surface area (Å²) in [6.45, 7) is 11.6. The molecule has 1 aromatic rings. The number of hydrogen-bond acceptors (Lipinski definition) is 8. The Labute approximate surface area is 214 Å². The molecule has 0 unspecified atom stereocenters. The van der Waals surface area contributed by atoms with Gasteiger partial charge >= 0.3 is 5.97 Å². The Bertz CT molecular complexity index is 1050. The Morgan fingerprint density at radius 1 is 1.22 bits per heavy atom. The number of anilines is 1. The molecule has 10 nitrogen and oxygen atoms in total. The fourth-order valence-electron chi connectivity index (χ4n) is 4.05. The van der Waals surface area contributed by atoms with Gasteiger partial charge in [-0.1, -0.05) is 26.0 Å². The van der Waals surface area contributed by atoms with E-state index in [-0.39, 0.29) is 15.4 Å². The van der Waals surface area contributed by atoms with Crippen molar-refractivity contribution < 1.29 is 39.8 Å². The summed E-state index contributed by atoms with van der Waals surface area (Å²) in [5.74, 6) is -0.299. The fourth-order valence-corrected chi connectivity index (χ4v) is 4.89. The number of carboxylic acid groups (broad SMARTS) is 1. The van der Waals surface area contributed by atoms with Crippen LogP contribution in [0.4, 0.5) is 5.69 Å². The summed E-state index contributed by atoms with van der Waals surface area (Å²) in [4.78, 5) is 46.0. The Morgan fingerprint density at radius 3 is 2.28 bits per heavy atom. The molecule has 0 bridgehead atoms. The van der Waals surface area contributed by atoms with Gasteiger partial charge in [0, 0.05) is 25.2 Å². The van der Waals surface area contributed by atoms with Gasteiger partial charge in [-0.3, -0.25) is 24.6 Å². The molecule has 1 saturated carbocycles. The van der Waals surface area contributed by atoms with Crippen molar-refractivity contribution in [3.8, 4) is 11.8 Å². The molecule has 0 aromatic carbocycles. The molecule has 2 rings (SSSR count). The monoisotopic (exact) mass is 520 g/mol. The molecule has 196 valence electrons. The van der Waals surface area contributed by atoms with Crippen molar-refractivity contribution in [3.05, 3.63) is 41.4 Å². The SMILES string of the molecule is C=CN(C=C)C(=O)[C@H]([C@H](C)OO)N(C(=O)C1CCC(C)CC1)c1cc(C#CC(C)(O)O)sc1C(=O)O. The molecule has 1 heterocycles. The van der Waals surface area contributed by atoms with E-state index in [9.17, 15) is 35.0 Å². The van der Waals surface area contributed by atoms with Crippen LogP contribution >= 0.6 is 11.3 Å². The number of carbonyl (C=O) groups excluding carboxylic acids is 2. The highest BCUT2D eigenvalue weighted by Crippen LogP contribution is 2.37. The summed E-state index contributed by atoms with van der Waals surface area (Å²) in [6, 6.07) is -0.181. The lowest BCUT2D eigenvalue weighted by Gasteiger charge is -2.38. The van der Waals surface area contributed by atoms with Gasteiger partial charge in [0.25, 0.3) is 5.91 Å². The third kappa shape index (κ3) is 7.02. The van der Waals surface area contributed by atoms with Gasteiger partial charge in [-0.05, 0) is 50.5 Å². The number of rotatable bonds is 9. The molecule has 1 aliphatic carbocycles. The maximum atomic E-state index is 13.9. The van der Waals surface area contributed by atoms with Crippen LogP contribution in [-0.4, -0.2) is 61.2 Å². The minimum atomic E-state index is -2.33. The van der Waals surface area contributed by atoms with Crippen LogP contribution in [0.3, 0.4) is 0 Å². The van der Waals surface area contributed by atoms with Crippen molar-refractivity contribution in [1.82, 2.24) is 4.90 Å². The van der Waals surface area contributed by atoms with Crippen LogP contribution in [-0.2, 0) is 14.5 Å². The Balaban J connectivity index is 2.75. The molecule has 1 aromatic heterocycles. The largest absolute Gasteiger partial charge is 0.477 e. The number of carbonyl (C=O) groups is 3. The number of nitrogens with zero attached hydrogens (tertiary/aromatic N) is 2. The predicted octanol–water partition coefficient (Wildman–Crippen LogP) is 3.02. The third-order valence-corrected chi connectivity index (χ3v) is 7.01. The zero-order chi connectivity index (χ0) is 27.2. The number of aliphatic hydroxyl groups is 2. The van der Waals surface area contributed by atoms with E-state index in [1.807, 2.05) is 0 Å². The van der Waals surface area contributed by atoms with Crippen molar-refractivity contribution in [3.63, 3.8) is 0 Å². The molecule has 36 heavy (non-hydrogen) atoms. The van der Waals surface area contributed by atoms with E-state index in [1.165, 1.54) is 25.4 Å². The quantitative estimate of drug-likeness (QED) is 0.168. The van der Waals surface area contributed by atoms with Gasteiger partial charge in [0.2, 0.25) is 11.7 Å². The zero-order valence-corrected chi connectivity index (χ0v) is 21.3. The van der Waals surface area contributed by atoms with Crippen molar-refractivity contribution in [2.24, 2.45) is 11.8 Å². The highest BCUT2D eigenvalue weighted by atomic mass is 32.1. The molecular formula is C25H32N2O8S. The van der Waals surface area contributed by atoms with E-state index in [0.29, 0.717) is 30.1 Å². The van der Waals surface area contributed by atoms with Gasteiger partial charge in [-0.25, -0.2) is 9.68 Å². The first kappa shape index (κ1) is 29.2. The van der Waals surface area contributed by atoms with Crippen LogP contribution < -0.4 is 4.90 Å². The summed E-state index contributed by atoms with van der Waals surface area (Å²) in [7, 11) is 0. The van der Waals surface area contributed by atoms with Crippen molar-refractivity contribution in [2.75, 3.05) is 4.90 Å². The van der Waals surface area contributed by atoms with E-state index >= 15 is 0 Å². The lowest BCUT2D eigenvalue weighted by molar-refractivity contribution is -0.276. The smallest absolute Gasteiger partial charge is 0.348 e. The van der Waals surface area contributed by atoms with Gasteiger partial charge in [0.1, 0.15) is 17.0 Å². The van der Waals surface area contributed by atoms with Crippen LogP contribution in [0.25, 0.3) is 0 Å². The summed E-state index contributed by atoms with van der Waals surface area (Å²) < 4.78 is 0. The van der Waals surface area contributed by atoms with E-state index in [1.54, 1.807) is 0 Å². The number of thiophene rings is 1. The molecular weight excluding hydrogens is 488 g/mol. The van der Waals surface area contributed by atoms with Crippen LogP contribution in [0.1, 0.15) is 61.0 Å². The van der Waals surface area contributed by atoms with Crippen molar-refractivity contribution in [2.45, 2.75) is 64.4 Å². The number of carboxylic acids is 1. The van der Waals surface area contributed by atoms with Gasteiger partial charge in [0.15, 0.2) is 0 Å². The van der Waals surface area contributed by atoms with Crippen LogP contribution in [0.5, 0.6) is 0 Å². The Kier molecular flexibility index (Phi) is 9.98. The highest BCUT2D eigenvalue weighted by molar-refractivity contribution is 7.15. The summed E-state index contributed by atoms with van der Waals surface area (Å²) in [5.41, 5.74) is -0.117. The highest BCUT2D eigenvalue weighted by Gasteiger charge is 2.43. The Morgan fingerprint density at radius 2 is 1.81 bits per heavy atom. The number of hydrogen-bond donors (Lipinski definition) is 4. The van der Waals surface area contributed by atoms with E-state index in [0.717, 1.165) is 29.6 Å². The van der Waals surface area contributed by atoms with E-state index in [2.05, 4.69) is 36.8 Å². The molecule has 11 heteroatoms. The average Bonchev–Trinajstić information content (AvgIpc) is 3.25. The van der Waals surface area contributed by atoms with E-state index < -0.39 is 41.6 Å². The van der Waals surface area contributed by atoms with Crippen LogP contribution in [0.15, 0.2) is 31.6 Å². The zero-order valence-electron chi connectivity index (χ0n) is 20.5. The lowest BCUT2D eigenvalue weighted by Crippen LogP contribution is -2.56. The maximum absolute atomic E-state index is 13.9. The van der Waals surface area contributed by atoms with Gasteiger partial charge < -0.3 is 15.3 Å².